The maximum absolute atomic E-state index is 16.1. The molecule has 7 aromatic carbocycles. The van der Waals surface area contributed by atoms with Gasteiger partial charge in [0, 0.05) is 0 Å². The van der Waals surface area contributed by atoms with Crippen LogP contribution in [0.15, 0.2) is 206 Å². The van der Waals surface area contributed by atoms with E-state index in [1.807, 2.05) is 206 Å². The second-order valence-corrected chi connectivity index (χ2v) is 40.7. The van der Waals surface area contributed by atoms with Crippen LogP contribution in [0.25, 0.3) is 0 Å². The van der Waals surface area contributed by atoms with Crippen molar-refractivity contribution < 1.29 is 94.5 Å². The highest BCUT2D eigenvalue weighted by Gasteiger charge is 2.56. The zero-order chi connectivity index (χ0) is 99.1. The Morgan fingerprint density at radius 2 is 0.617 bits per heavy atom. The smallest absolute Gasteiger partial charge is 0.457 e. The van der Waals surface area contributed by atoms with Gasteiger partial charge in [0.15, 0.2) is 24.8 Å². The van der Waals surface area contributed by atoms with E-state index in [1.54, 1.807) is 0 Å². The molecule has 141 heavy (non-hydrogen) atoms. The van der Waals surface area contributed by atoms with Crippen LogP contribution in [0.5, 0.6) is 0 Å². The molecule has 2 fully saturated rings. The lowest BCUT2D eigenvalue weighted by atomic mass is 9.95. The predicted molar refractivity (Wildman–Crippen MR) is 555 cm³/mol. The van der Waals surface area contributed by atoms with E-state index >= 15 is 23.7 Å². The molecule has 3 N–H and O–H groups in total. The lowest BCUT2D eigenvalue weighted by molar-refractivity contribution is -0.304. The number of benzene rings is 7. The van der Waals surface area contributed by atoms with Gasteiger partial charge in [-0.3, -0.25) is 32.7 Å². The molecule has 0 saturated carbocycles. The number of aliphatic hydroxyl groups excluding tert-OH is 1. The molecular formula is C118H171N2O20P. The van der Waals surface area contributed by atoms with Gasteiger partial charge in [0.25, 0.3) is 0 Å². The fourth-order valence-corrected chi connectivity index (χ4v) is 20.2. The summed E-state index contributed by atoms with van der Waals surface area (Å²) in [5.74, 6) is -2.43. The first-order valence-corrected chi connectivity index (χ1v) is 55.8. The largest absolute Gasteiger partial charge is 0.475 e. The molecule has 0 bridgehead atoms. The number of unbranched alkanes of at least 4 members (excludes halogenated alkanes) is 32. The molecule has 22 nitrogen and oxygen atoms in total. The Morgan fingerprint density at radius 1 is 0.326 bits per heavy atom. The number of carbonyl (C=O) groups is 4. The summed E-state index contributed by atoms with van der Waals surface area (Å²) in [4.78, 5) is 63.2. The summed E-state index contributed by atoms with van der Waals surface area (Å²) in [6.07, 6.45) is 25.9. The van der Waals surface area contributed by atoms with Crippen LogP contribution in [0, 0.1) is 0 Å². The quantitative estimate of drug-likeness (QED) is 0.0138. The van der Waals surface area contributed by atoms with E-state index < -0.39 is 124 Å². The molecule has 2 amide bonds. The van der Waals surface area contributed by atoms with Crippen LogP contribution >= 0.6 is 7.82 Å². The van der Waals surface area contributed by atoms with Crippen LogP contribution in [-0.2, 0) is 142 Å². The highest BCUT2D eigenvalue weighted by molar-refractivity contribution is 7.48. The van der Waals surface area contributed by atoms with Crippen molar-refractivity contribution in [3.05, 3.63) is 251 Å². The Balaban J connectivity index is 1.05. The summed E-state index contributed by atoms with van der Waals surface area (Å²) in [6.45, 7) is 8.56. The van der Waals surface area contributed by atoms with E-state index in [-0.39, 0.29) is 85.1 Å². The number of ether oxygens (including phenoxy) is 11. The monoisotopic (exact) mass is 1970 g/mol. The van der Waals surface area contributed by atoms with E-state index in [1.165, 1.54) is 116 Å². The Labute approximate surface area is 844 Å². The van der Waals surface area contributed by atoms with Gasteiger partial charge in [-0.05, 0) is 70.2 Å². The topological polar surface area (TPSA) is 259 Å². The van der Waals surface area contributed by atoms with Gasteiger partial charge in [0.1, 0.15) is 36.5 Å². The standard InChI is InChI=1S/C118H171N2O20P/c1-5-9-13-17-21-25-29-33-55-75-101(128-84-94-63-45-38-46-64-94)79-107(121)119-111-115(138-109(123)81-103(130-86-96-67-49-40-50-68-96)77-57-35-31-27-23-19-15-11-7-3)113(132-88-98-71-53-42-54-72-98)106(136-117(111)125)92-133-118-112(120-108(122)80-102(129-85-95-65-47-39-48-66-95)76-56-34-30-26-22-18-14-10-6-2)116(139-110(124)82-104(131-87-97-69-51-41-52-70-97)78-58-36-32-28-24-20-16-12-8-4)114(105(137-118)91-127-83-93-61-43-37-44-62-93)140-141(126)134-89-99-73-59-60-74-100(99)90-135-141/h37-54,59-74,101-106,111-118,125H,5-36,55-58,75-92H2,1-4H3,(H,119,121)(H,120,122)/t101-,102-,103-,104-,105-,106-,111-,112-,113-,114-,115-,116-,117?,118-/m1/s1/i92+1. The van der Waals surface area contributed by atoms with Crippen LogP contribution in [0.2, 0.25) is 0 Å². The minimum absolute atomic E-state index is 0.0536. The van der Waals surface area contributed by atoms with Crippen LogP contribution in [0.1, 0.15) is 355 Å². The van der Waals surface area contributed by atoms with E-state index in [0.717, 1.165) is 149 Å². The molecular weight excluding hydrogens is 1800 g/mol. The summed E-state index contributed by atoms with van der Waals surface area (Å²) >= 11 is 0. The Kier molecular flexibility index (Phi) is 57.1. The number of phosphoric ester groups is 1. The van der Waals surface area contributed by atoms with Gasteiger partial charge in [0.2, 0.25) is 11.8 Å². The molecule has 0 aliphatic carbocycles. The van der Waals surface area contributed by atoms with Crippen molar-refractivity contribution >= 4 is 31.6 Å². The van der Waals surface area contributed by atoms with Gasteiger partial charge < -0.3 is 67.8 Å². The molecule has 0 radical (unpaired) electrons. The first-order valence-electron chi connectivity index (χ1n) is 54.4. The van der Waals surface area contributed by atoms with Gasteiger partial charge in [-0.1, -0.05) is 465 Å². The third kappa shape index (κ3) is 46.2. The second kappa shape index (κ2) is 70.0. The van der Waals surface area contributed by atoms with Crippen molar-refractivity contribution in [2.75, 3.05) is 13.2 Å². The van der Waals surface area contributed by atoms with Gasteiger partial charge >= 0.3 is 19.8 Å². The van der Waals surface area contributed by atoms with Crippen molar-refractivity contribution in [2.45, 2.75) is 449 Å². The summed E-state index contributed by atoms with van der Waals surface area (Å²) in [5, 5.41) is 19.6. The number of hydrogen-bond donors (Lipinski definition) is 3. The van der Waals surface area contributed by atoms with Crippen molar-refractivity contribution in [2.24, 2.45) is 0 Å². The van der Waals surface area contributed by atoms with Gasteiger partial charge in [-0.2, -0.15) is 0 Å². The zero-order valence-electron chi connectivity index (χ0n) is 85.5. The first kappa shape index (κ1) is 115. The van der Waals surface area contributed by atoms with Crippen molar-refractivity contribution in [1.82, 2.24) is 10.6 Å². The maximum atomic E-state index is 16.1. The molecule has 778 valence electrons. The highest BCUT2D eigenvalue weighted by Crippen LogP contribution is 2.55. The van der Waals surface area contributed by atoms with E-state index in [4.69, 9.17) is 65.7 Å². The summed E-state index contributed by atoms with van der Waals surface area (Å²) < 4.78 is 112. The number of phosphoric acid groups is 1. The first-order chi connectivity index (χ1) is 69.2. The van der Waals surface area contributed by atoms with Crippen LogP contribution in [0.4, 0.5) is 0 Å². The molecule has 23 heteroatoms. The zero-order valence-corrected chi connectivity index (χ0v) is 86.4. The van der Waals surface area contributed by atoms with Crippen LogP contribution in [-0.4, -0.2) is 128 Å². The lowest BCUT2D eigenvalue weighted by Crippen LogP contribution is -2.68. The summed E-state index contributed by atoms with van der Waals surface area (Å²) in [6, 6.07) is 62.8. The molecule has 0 spiro atoms. The maximum Gasteiger partial charge on any atom is 0.475 e. The van der Waals surface area contributed by atoms with Crippen LogP contribution < -0.4 is 10.6 Å². The van der Waals surface area contributed by atoms with Gasteiger partial charge in [0.05, 0.1) is 116 Å². The number of amides is 2. The Morgan fingerprint density at radius 3 is 0.965 bits per heavy atom. The van der Waals surface area contributed by atoms with E-state index in [0.29, 0.717) is 36.8 Å². The molecule has 3 heterocycles. The number of nitrogens with one attached hydrogen (secondary N) is 2. The average Bonchev–Trinajstić information content (AvgIpc) is 1.50. The fourth-order valence-electron chi connectivity index (χ4n) is 18.9. The number of aliphatic hydroxyl groups is 1. The van der Waals surface area contributed by atoms with Gasteiger partial charge in [-0.15, -0.1) is 0 Å². The molecule has 7 aromatic rings. The lowest BCUT2D eigenvalue weighted by Gasteiger charge is -2.47. The van der Waals surface area contributed by atoms with Crippen molar-refractivity contribution in [3.8, 4) is 0 Å². The molecule has 3 aliphatic rings. The second-order valence-electron chi connectivity index (χ2n) is 39.1. The SMILES string of the molecule is CCCCCCCCCCC[C@H](CC(=O)N[C@H]1[C@H](O[13CH2][C@H]2OC(O)[C@H](NC(=O)C[C@@H](CCCCCCCCCCC)OCc3ccccc3)[C@@H](OC(=O)C[C@@H](CCCCCCCCCCC)OCc3ccccc3)[C@@H]2OCc2ccccc2)O[C@H](COCc2ccccc2)[C@@H](OP2(=O)OCc3ccccc3CO2)[C@@H]1OC(=O)C[C@@H](CCCCCCCCCCC)OCc1ccccc1)OCc1ccccc1. The molecule has 0 aromatic heterocycles. The number of hydrogen-bond acceptors (Lipinski definition) is 20. The predicted octanol–water partition coefficient (Wildman–Crippen LogP) is 26.9. The van der Waals surface area contributed by atoms with E-state index in [9.17, 15) is 5.11 Å². The normalized spacial score (nSPS) is 19.9. The third-order valence-electron chi connectivity index (χ3n) is 27.2. The Bertz CT molecular complexity index is 4420. The number of rotatable bonds is 76. The van der Waals surface area contributed by atoms with E-state index in [2.05, 4.69) is 38.3 Å². The van der Waals surface area contributed by atoms with Crippen molar-refractivity contribution in [1.29, 1.82) is 0 Å². The number of fused-ring (bicyclic) bond motifs is 1. The number of carbonyl (C=O) groups excluding carboxylic acids is 4. The summed E-state index contributed by atoms with van der Waals surface area (Å²) in [7, 11) is -4.77. The minimum atomic E-state index is -4.77. The molecule has 2 saturated heterocycles. The number of esters is 2. The molecule has 3 aliphatic heterocycles. The Hall–Kier alpha value is -7.87. The van der Waals surface area contributed by atoms with Crippen molar-refractivity contribution in [3.63, 3.8) is 0 Å². The molecule has 10 rings (SSSR count). The minimum Gasteiger partial charge on any atom is -0.457 e. The molecule has 14 atom stereocenters. The third-order valence-corrected chi connectivity index (χ3v) is 28.6. The average molecular weight is 1970 g/mol. The van der Waals surface area contributed by atoms with Crippen LogP contribution in [0.3, 0.4) is 0 Å². The fraction of sp³-hybridized carbons (Fsp3) is 0.610. The molecule has 1 unspecified atom stereocenters. The highest BCUT2D eigenvalue weighted by atomic mass is 31.2. The van der Waals surface area contributed by atoms with Gasteiger partial charge in [-0.25, -0.2) is 4.57 Å². The summed E-state index contributed by atoms with van der Waals surface area (Å²) in [5.41, 5.74) is 6.70.